The summed E-state index contributed by atoms with van der Waals surface area (Å²) >= 11 is 6.91. The molecular formula is C87H115ClN12O20S4. The number of carbonyl (C=O) groups is 12. The highest BCUT2D eigenvalue weighted by Crippen LogP contribution is 2.50. The number of hydrogen-bond acceptors (Lipinski definition) is 26. The summed E-state index contributed by atoms with van der Waals surface area (Å²) in [6, 6.07) is 14.3. The predicted octanol–water partition coefficient (Wildman–Crippen LogP) is 5.49. The van der Waals surface area contributed by atoms with Crippen LogP contribution >= 0.6 is 54.8 Å². The predicted molar refractivity (Wildman–Crippen MR) is 476 cm³/mol. The summed E-state index contributed by atoms with van der Waals surface area (Å²) in [4.78, 5) is 177. The molecule has 5 aliphatic rings. The number of carbonyl (C=O) groups excluding carboxylic acids is 12. The van der Waals surface area contributed by atoms with Crippen LogP contribution in [0.5, 0.6) is 11.5 Å². The number of allylic oxidation sites excluding steroid dienone is 4. The minimum absolute atomic E-state index is 0.0454. The molecular weight excluding hydrogens is 1700 g/mol. The van der Waals surface area contributed by atoms with Gasteiger partial charge in [-0.05, 0) is 151 Å². The summed E-state index contributed by atoms with van der Waals surface area (Å²) in [7, 11) is 9.86. The van der Waals surface area contributed by atoms with E-state index in [0.717, 1.165) is 65.4 Å². The Labute approximate surface area is 742 Å². The zero-order valence-electron chi connectivity index (χ0n) is 71.4. The Morgan fingerprint density at radius 3 is 2.24 bits per heavy atom. The molecule has 4 bridgehead atoms. The van der Waals surface area contributed by atoms with Crippen LogP contribution in [0.2, 0.25) is 5.02 Å². The van der Waals surface area contributed by atoms with Crippen LogP contribution in [0.1, 0.15) is 128 Å². The fourth-order valence-corrected chi connectivity index (χ4v) is 20.5. The molecule has 0 saturated carbocycles. The number of methoxy groups -OCH3 is 2. The third-order valence-electron chi connectivity index (χ3n) is 22.9. The SMILES string of the molecule is COc1cc2cc(c1Cl)N(C)C(=O)C[C@H](OC(=O)[C@H](C)N(C)C(=O)CCSSC(C)(C)[C@@H](NC(=O)[C@@H]1CSSC[C@H](NC(=O)[C@H](N)Cc3ccccc3)C(=O)C[C@@H](Cc3ccc(O)cc3)C(=O)N[C@H](CC3=CCc4ccccc43)C(=O)N[C@@H](CCCCN)C(=O)N[C@@H]([C@@H](C)O)C(=O)N1)C(N)=O)[C@]1(C)O[C@H]1[C@H](C)[C@@H]1C[C@@](O)(NC(=O)O1)[C@H](OC)/C=C/C=C(\C)C2. The minimum atomic E-state index is -1.96. The van der Waals surface area contributed by atoms with E-state index >= 15 is 19.2 Å². The van der Waals surface area contributed by atoms with Gasteiger partial charge in [0.15, 0.2) is 11.5 Å². The Hall–Kier alpha value is -9.21. The van der Waals surface area contributed by atoms with Crippen molar-refractivity contribution in [2.75, 3.05) is 57.0 Å². The van der Waals surface area contributed by atoms with Crippen molar-refractivity contribution < 1.29 is 96.5 Å². The van der Waals surface area contributed by atoms with E-state index in [4.69, 9.17) is 52.5 Å². The number of fused-ring (bicyclic) bond motifs is 6. The Kier molecular flexibility index (Phi) is 35.6. The molecule has 124 heavy (non-hydrogen) atoms. The summed E-state index contributed by atoms with van der Waals surface area (Å²) in [6.45, 7) is 11.3. The van der Waals surface area contributed by atoms with Crippen molar-refractivity contribution in [3.8, 4) is 11.5 Å². The second-order valence-corrected chi connectivity index (χ2v) is 38.7. The molecule has 4 aromatic rings. The van der Waals surface area contributed by atoms with Gasteiger partial charge in [-0.25, -0.2) is 9.59 Å². The number of epoxide rings is 1. The third-order valence-corrected chi connectivity index (χ3v) is 29.0. The van der Waals surface area contributed by atoms with E-state index in [1.807, 2.05) is 43.3 Å². The average molecular weight is 1810 g/mol. The number of Topliss-reactive ketones (excluding diaryl/α,β-unsaturated/α-hetero) is 1. The summed E-state index contributed by atoms with van der Waals surface area (Å²) in [6.07, 6.45) is 0.266. The number of rotatable bonds is 27. The second kappa shape index (κ2) is 44.8. The number of likely N-dealkylation sites (N-methyl/N-ethyl adjacent to an activating group) is 1. The highest BCUT2D eigenvalue weighted by atomic mass is 35.5. The fraction of sp³-hybridized carbons (Fsp3) is 0.517. The maximum Gasteiger partial charge on any atom is 0.409 e. The monoisotopic (exact) mass is 1810 g/mol. The number of halogens is 1. The highest BCUT2D eigenvalue weighted by Gasteiger charge is 2.65. The Bertz CT molecular complexity index is 4630. The number of nitrogens with one attached hydrogen (secondary N) is 7. The van der Waals surface area contributed by atoms with E-state index in [2.05, 4.69) is 37.2 Å². The molecule has 10 amide bonds. The minimum Gasteiger partial charge on any atom is -0.508 e. The van der Waals surface area contributed by atoms with Crippen LogP contribution < -0.4 is 64.1 Å². The van der Waals surface area contributed by atoms with Gasteiger partial charge >= 0.3 is 12.1 Å². The average Bonchev–Trinajstić information content (AvgIpc) is 1.57. The molecule has 1 aliphatic carbocycles. The van der Waals surface area contributed by atoms with Crippen molar-refractivity contribution in [3.05, 3.63) is 154 Å². The Balaban J connectivity index is 0.929. The largest absolute Gasteiger partial charge is 0.508 e. The second-order valence-electron chi connectivity index (χ2n) is 32.7. The van der Waals surface area contributed by atoms with Gasteiger partial charge in [0.05, 0.1) is 43.5 Å². The van der Waals surface area contributed by atoms with E-state index in [9.17, 15) is 53.7 Å². The number of anilines is 1. The van der Waals surface area contributed by atoms with Crippen LogP contribution in [0, 0.1) is 11.8 Å². The molecule has 0 aromatic heterocycles. The molecule has 4 aliphatic heterocycles. The number of amides is 10. The van der Waals surface area contributed by atoms with Crippen LogP contribution in [0.15, 0.2) is 121 Å². The first-order valence-electron chi connectivity index (χ1n) is 41.1. The number of nitrogens with two attached hydrogens (primary N) is 3. The lowest BCUT2D eigenvalue weighted by Crippen LogP contribution is -2.63. The molecule has 3 fully saturated rings. The zero-order chi connectivity index (χ0) is 90.7. The number of aliphatic hydroxyl groups excluding tert-OH is 1. The number of phenols is 1. The molecule has 32 nitrogen and oxygen atoms in total. The summed E-state index contributed by atoms with van der Waals surface area (Å²) in [5.74, 6) is -11.2. The summed E-state index contributed by atoms with van der Waals surface area (Å²) in [5.41, 5.74) is 20.8. The number of alkyl carbamates (subject to hydrolysis) is 1. The van der Waals surface area contributed by atoms with Crippen molar-refractivity contribution >= 4 is 137 Å². The topological polar surface area (TPSA) is 484 Å². The van der Waals surface area contributed by atoms with Gasteiger partial charge in [0, 0.05) is 80.7 Å². The number of aliphatic hydroxyl groups is 2. The van der Waals surface area contributed by atoms with Gasteiger partial charge in [0.1, 0.15) is 76.7 Å². The third kappa shape index (κ3) is 26.2. The van der Waals surface area contributed by atoms with E-state index in [0.29, 0.717) is 36.0 Å². The maximum atomic E-state index is 15.2. The van der Waals surface area contributed by atoms with Crippen LogP contribution in [0.3, 0.4) is 0 Å². The Morgan fingerprint density at radius 2 is 1.56 bits per heavy atom. The number of phenolic OH excluding ortho intramolecular Hbond substituents is 1. The highest BCUT2D eigenvalue weighted by molar-refractivity contribution is 8.77. The summed E-state index contributed by atoms with van der Waals surface area (Å²) in [5, 5.41) is 52.7. The first kappa shape index (κ1) is 98.6. The molecule has 17 atom stereocenters. The number of nitrogens with zero attached hydrogens (tertiary/aromatic N) is 2. The molecule has 0 unspecified atom stereocenters. The van der Waals surface area contributed by atoms with Gasteiger partial charge < -0.3 is 97.9 Å². The molecule has 37 heteroatoms. The van der Waals surface area contributed by atoms with Crippen molar-refractivity contribution in [1.82, 2.24) is 42.1 Å². The normalized spacial score (nSPS) is 26.8. The molecule has 9 rings (SSSR count). The van der Waals surface area contributed by atoms with Crippen molar-refractivity contribution in [3.63, 3.8) is 0 Å². The van der Waals surface area contributed by atoms with E-state index in [1.54, 1.807) is 94.4 Å². The Morgan fingerprint density at radius 1 is 0.871 bits per heavy atom. The lowest BCUT2D eigenvalue weighted by Gasteiger charge is -2.42. The first-order chi connectivity index (χ1) is 58.8. The van der Waals surface area contributed by atoms with Crippen molar-refractivity contribution in [2.45, 2.75) is 220 Å². The molecule has 4 aromatic carbocycles. The number of ether oxygens (including phenoxy) is 5. The summed E-state index contributed by atoms with van der Waals surface area (Å²) < 4.78 is 28.4. The van der Waals surface area contributed by atoms with Gasteiger partial charge in [-0.1, -0.05) is 158 Å². The van der Waals surface area contributed by atoms with Gasteiger partial charge in [-0.15, -0.1) is 0 Å². The number of aromatic hydroxyl groups is 1. The van der Waals surface area contributed by atoms with Crippen LogP contribution in [0.25, 0.3) is 5.57 Å². The standard InChI is InChI=1S/C87H115ClN12O20S4/c1-47-20-19-26-68(117-11)87(115)44-67(118-84(114)98-87)48(2)75-86(7,120-75)69(43-71(105)100(9)64-39-53(36-47)40-66(116-10)72(64)88)119-83(113)49(3)99(8)70(104)33-35-121-124-85(5,6)74(76(91)106)97-81(111)63-46-123-122-45-62(94-78(108)59(90)38-51-21-13-12-14-22-51)65(103)42-56(37-52-27-31-57(102)32-28-52)77(107)93-61(41-55-30-29-54-23-15-16-24-58(54)55)80(110)92-60(25-17-18-34-89)79(109)96-73(50(4)101)82(112)95-63/h12-16,19-24,26-28,30-32,39-40,48-50,56,59-63,67-69,73-75,101-102,115H,17-18,25,29,33-38,41-46,89-90H2,1-11H3,(H2,91,106)(H,92,110)(H,93,107)(H,94,108)(H,95,112)(H,96,109)(H,97,111)(H,98,114)/b26-19+,47-20+/t48-,49+,50-,56-,59-,60+,61-,62+,63+,67+,68-,69+,73+,74+,75+,86+,87+/m1/s1. The van der Waals surface area contributed by atoms with E-state index < -0.39 is 191 Å². The smallest absolute Gasteiger partial charge is 0.409 e. The molecule has 0 radical (unpaired) electrons. The number of primary amides is 1. The number of esters is 1. The van der Waals surface area contributed by atoms with Crippen LogP contribution in [-0.4, -0.2) is 238 Å². The molecule has 3 saturated heterocycles. The lowest BCUT2D eigenvalue weighted by atomic mass is 9.83. The number of ketones is 1. The van der Waals surface area contributed by atoms with Gasteiger partial charge in [-0.3, -0.25) is 53.3 Å². The van der Waals surface area contributed by atoms with Gasteiger partial charge in [0.25, 0.3) is 0 Å². The maximum absolute atomic E-state index is 15.2. The quantitative estimate of drug-likeness (QED) is 0.0152. The van der Waals surface area contributed by atoms with Gasteiger partial charge in [-0.2, -0.15) is 0 Å². The van der Waals surface area contributed by atoms with Gasteiger partial charge in [0.2, 0.25) is 53.2 Å². The van der Waals surface area contributed by atoms with E-state index in [1.165, 1.54) is 64.1 Å². The number of hydrogen-bond donors (Lipinski definition) is 13. The number of unbranched alkanes of at least 4 members (excludes halogenated alkanes) is 1. The number of benzene rings is 4. The van der Waals surface area contributed by atoms with Crippen molar-refractivity contribution in [2.24, 2.45) is 29.0 Å². The van der Waals surface area contributed by atoms with E-state index in [-0.39, 0.29) is 91.0 Å². The lowest BCUT2D eigenvalue weighted by molar-refractivity contribution is -0.162. The molecule has 674 valence electrons. The van der Waals surface area contributed by atoms with Crippen LogP contribution in [0.4, 0.5) is 10.5 Å². The first-order valence-corrected chi connectivity index (χ1v) is 46.2. The fourth-order valence-electron chi connectivity index (χ4n) is 15.2. The molecule has 4 heterocycles. The zero-order valence-corrected chi connectivity index (χ0v) is 75.4. The molecule has 0 spiro atoms. The van der Waals surface area contributed by atoms with Crippen LogP contribution in [-0.2, 0) is 97.4 Å². The molecule has 16 N–H and O–H groups in total. The van der Waals surface area contributed by atoms with Crippen molar-refractivity contribution in [1.29, 1.82) is 0 Å².